The third-order valence-corrected chi connectivity index (χ3v) is 2.24. The highest BCUT2D eigenvalue weighted by atomic mass is 35.5. The maximum Gasteiger partial charge on any atom is 0.325 e. The van der Waals surface area contributed by atoms with Crippen molar-refractivity contribution >= 4 is 23.3 Å². The van der Waals surface area contributed by atoms with Crippen molar-refractivity contribution in [2.24, 2.45) is 0 Å². The van der Waals surface area contributed by atoms with Crippen molar-refractivity contribution in [3.05, 3.63) is 21.6 Å². The van der Waals surface area contributed by atoms with Crippen LogP contribution >= 0.6 is 11.6 Å². The average Bonchev–Trinajstić information content (AvgIpc) is 2.33. The van der Waals surface area contributed by atoms with E-state index in [4.69, 9.17) is 22.8 Å². The van der Waals surface area contributed by atoms with E-state index in [0.717, 1.165) is 4.68 Å². The lowest BCUT2D eigenvalue weighted by atomic mass is 10.4. The fourth-order valence-electron chi connectivity index (χ4n) is 1.20. The Morgan fingerprint density at radius 1 is 1.72 bits per heavy atom. The van der Waals surface area contributed by atoms with Gasteiger partial charge in [-0.05, 0) is 6.92 Å². The average molecular weight is 270 g/mol. The van der Waals surface area contributed by atoms with Gasteiger partial charge in [-0.15, -0.1) is 6.42 Å². The van der Waals surface area contributed by atoms with E-state index in [-0.39, 0.29) is 30.4 Å². The van der Waals surface area contributed by atoms with Crippen LogP contribution in [-0.2, 0) is 16.1 Å². The Balaban J connectivity index is 2.88. The molecule has 0 amide bonds. The van der Waals surface area contributed by atoms with Gasteiger partial charge in [0.05, 0.1) is 17.8 Å². The molecule has 1 rings (SSSR count). The van der Waals surface area contributed by atoms with E-state index in [2.05, 4.69) is 16.3 Å². The molecule has 0 saturated carbocycles. The zero-order valence-corrected chi connectivity index (χ0v) is 10.5. The normalized spacial score (nSPS) is 9.61. The molecule has 0 fully saturated rings. The van der Waals surface area contributed by atoms with Gasteiger partial charge in [0.2, 0.25) is 0 Å². The van der Waals surface area contributed by atoms with E-state index >= 15 is 0 Å². The van der Waals surface area contributed by atoms with Crippen molar-refractivity contribution in [3.63, 3.8) is 0 Å². The number of terminal acetylenes is 1. The minimum absolute atomic E-state index is 0.0318. The lowest BCUT2D eigenvalue weighted by Crippen LogP contribution is -2.28. The number of aromatic nitrogens is 2. The zero-order chi connectivity index (χ0) is 13.5. The maximum atomic E-state index is 11.9. The molecule has 1 heterocycles. The molecular formula is C11H12ClN3O3. The summed E-state index contributed by atoms with van der Waals surface area (Å²) in [6.45, 7) is 1.84. The first-order valence-electron chi connectivity index (χ1n) is 5.18. The van der Waals surface area contributed by atoms with Gasteiger partial charge in [-0.2, -0.15) is 5.10 Å². The number of nitrogens with zero attached hydrogens (tertiary/aromatic N) is 2. The van der Waals surface area contributed by atoms with Crippen LogP contribution in [-0.4, -0.2) is 28.9 Å². The van der Waals surface area contributed by atoms with Gasteiger partial charge in [-0.25, -0.2) is 4.68 Å². The van der Waals surface area contributed by atoms with Gasteiger partial charge >= 0.3 is 5.97 Å². The second kappa shape index (κ2) is 6.67. The number of hydrogen-bond donors (Lipinski definition) is 1. The van der Waals surface area contributed by atoms with E-state index in [9.17, 15) is 9.59 Å². The number of halogens is 1. The number of carbonyl (C=O) groups is 1. The van der Waals surface area contributed by atoms with Crippen LogP contribution in [0.4, 0.5) is 5.69 Å². The van der Waals surface area contributed by atoms with E-state index < -0.39 is 11.5 Å². The highest BCUT2D eigenvalue weighted by molar-refractivity contribution is 6.33. The largest absolute Gasteiger partial charge is 0.465 e. The summed E-state index contributed by atoms with van der Waals surface area (Å²) in [5.41, 5.74) is -0.403. The first-order valence-corrected chi connectivity index (χ1v) is 5.56. The van der Waals surface area contributed by atoms with Crippen LogP contribution < -0.4 is 10.9 Å². The summed E-state index contributed by atoms with van der Waals surface area (Å²) in [4.78, 5) is 23.0. The lowest BCUT2D eigenvalue weighted by Gasteiger charge is -2.08. The second-order valence-electron chi connectivity index (χ2n) is 3.19. The zero-order valence-electron chi connectivity index (χ0n) is 9.77. The highest BCUT2D eigenvalue weighted by Gasteiger charge is 2.11. The van der Waals surface area contributed by atoms with E-state index in [1.165, 1.54) is 6.20 Å². The molecule has 0 saturated heterocycles. The van der Waals surface area contributed by atoms with Crippen molar-refractivity contribution in [3.8, 4) is 12.3 Å². The third-order valence-electron chi connectivity index (χ3n) is 1.95. The SMILES string of the molecule is C#CCn1ncc(Cl)c(NCC(=O)OCC)c1=O. The van der Waals surface area contributed by atoms with Crippen LogP contribution in [0.1, 0.15) is 6.92 Å². The summed E-state index contributed by atoms with van der Waals surface area (Å²) in [7, 11) is 0. The molecular weight excluding hydrogens is 258 g/mol. The number of ether oxygens (including phenoxy) is 1. The van der Waals surface area contributed by atoms with Crippen molar-refractivity contribution < 1.29 is 9.53 Å². The monoisotopic (exact) mass is 269 g/mol. The van der Waals surface area contributed by atoms with E-state index in [1.807, 2.05) is 0 Å². The van der Waals surface area contributed by atoms with Crippen molar-refractivity contribution in [2.45, 2.75) is 13.5 Å². The molecule has 18 heavy (non-hydrogen) atoms. The Kier molecular flexibility index (Phi) is 5.21. The van der Waals surface area contributed by atoms with Gasteiger partial charge in [0.15, 0.2) is 0 Å². The molecule has 0 aliphatic rings. The summed E-state index contributed by atoms with van der Waals surface area (Å²) < 4.78 is 5.79. The molecule has 0 atom stereocenters. The quantitative estimate of drug-likeness (QED) is 0.623. The molecule has 1 aromatic heterocycles. The maximum absolute atomic E-state index is 11.9. The molecule has 0 bridgehead atoms. The Morgan fingerprint density at radius 3 is 3.06 bits per heavy atom. The number of rotatable bonds is 5. The summed E-state index contributed by atoms with van der Waals surface area (Å²) in [5.74, 6) is 1.82. The van der Waals surface area contributed by atoms with Crippen molar-refractivity contribution in [1.29, 1.82) is 0 Å². The predicted molar refractivity (Wildman–Crippen MR) is 67.5 cm³/mol. The van der Waals surface area contributed by atoms with E-state index in [0.29, 0.717) is 0 Å². The summed E-state index contributed by atoms with van der Waals surface area (Å²) in [5, 5.41) is 6.50. The Morgan fingerprint density at radius 2 is 2.44 bits per heavy atom. The molecule has 0 aliphatic heterocycles. The van der Waals surface area contributed by atoms with Crippen LogP contribution in [0.2, 0.25) is 5.02 Å². The Hall–Kier alpha value is -2.00. The fraction of sp³-hybridized carbons (Fsp3) is 0.364. The first kappa shape index (κ1) is 14.1. The summed E-state index contributed by atoms with van der Waals surface area (Å²) >= 11 is 5.82. The number of anilines is 1. The van der Waals surface area contributed by atoms with E-state index in [1.54, 1.807) is 6.92 Å². The molecule has 1 aromatic rings. The molecule has 0 unspecified atom stereocenters. The molecule has 96 valence electrons. The van der Waals surface area contributed by atoms with Crippen LogP contribution in [0.25, 0.3) is 0 Å². The molecule has 0 aromatic carbocycles. The number of esters is 1. The van der Waals surface area contributed by atoms with Gasteiger partial charge in [-0.1, -0.05) is 17.5 Å². The number of nitrogens with one attached hydrogen (secondary N) is 1. The van der Waals surface area contributed by atoms with Crippen LogP contribution in [0.5, 0.6) is 0 Å². The minimum Gasteiger partial charge on any atom is -0.465 e. The van der Waals surface area contributed by atoms with Crippen molar-refractivity contribution in [1.82, 2.24) is 9.78 Å². The number of hydrogen-bond acceptors (Lipinski definition) is 5. The smallest absolute Gasteiger partial charge is 0.325 e. The van der Waals surface area contributed by atoms with Gasteiger partial charge in [0, 0.05) is 0 Å². The highest BCUT2D eigenvalue weighted by Crippen LogP contribution is 2.14. The predicted octanol–water partition coefficient (Wildman–Crippen LogP) is 0.505. The molecule has 0 radical (unpaired) electrons. The minimum atomic E-state index is -0.482. The van der Waals surface area contributed by atoms with Gasteiger partial charge in [0.25, 0.3) is 5.56 Å². The number of carbonyl (C=O) groups excluding carboxylic acids is 1. The van der Waals surface area contributed by atoms with Gasteiger partial charge in [0.1, 0.15) is 18.8 Å². The van der Waals surface area contributed by atoms with Crippen molar-refractivity contribution in [2.75, 3.05) is 18.5 Å². The molecule has 0 spiro atoms. The van der Waals surface area contributed by atoms with Crippen LogP contribution in [0, 0.1) is 12.3 Å². The standard InChI is InChI=1S/C11H12ClN3O3/c1-3-5-15-11(17)10(8(12)6-14-15)13-7-9(16)18-4-2/h1,6,13H,4-5,7H2,2H3. The second-order valence-corrected chi connectivity index (χ2v) is 3.60. The van der Waals surface area contributed by atoms with Crippen LogP contribution in [0.3, 0.4) is 0 Å². The Bertz CT molecular complexity index is 533. The topological polar surface area (TPSA) is 73.2 Å². The van der Waals surface area contributed by atoms with Crippen LogP contribution in [0.15, 0.2) is 11.0 Å². The molecule has 7 heteroatoms. The van der Waals surface area contributed by atoms with Gasteiger partial charge < -0.3 is 10.1 Å². The first-order chi connectivity index (χ1) is 8.60. The molecule has 6 nitrogen and oxygen atoms in total. The molecule has 0 aliphatic carbocycles. The third kappa shape index (κ3) is 3.50. The Labute approximate surface area is 109 Å². The summed E-state index contributed by atoms with van der Waals surface area (Å²) in [6, 6.07) is 0. The molecule has 1 N–H and O–H groups in total. The summed E-state index contributed by atoms with van der Waals surface area (Å²) in [6.07, 6.45) is 6.39. The lowest BCUT2D eigenvalue weighted by molar-refractivity contribution is -0.140. The van der Waals surface area contributed by atoms with Gasteiger partial charge in [-0.3, -0.25) is 9.59 Å². The fourth-order valence-corrected chi connectivity index (χ4v) is 1.39.